The SMILES string of the molecule is COC(=O)c1coc(Cn2cnc3c2c(=O)n(C[C@@H]2CCCO2)c(=O)n3-c2ccc(Cl)cc2)n1. The third kappa shape index (κ3) is 3.93. The normalized spacial score (nSPS) is 15.8. The van der Waals surface area contributed by atoms with Gasteiger partial charge < -0.3 is 18.5 Å². The van der Waals surface area contributed by atoms with Gasteiger partial charge in [-0.3, -0.25) is 9.36 Å². The van der Waals surface area contributed by atoms with E-state index in [0.29, 0.717) is 17.3 Å². The van der Waals surface area contributed by atoms with Gasteiger partial charge in [0.2, 0.25) is 5.89 Å². The molecule has 5 rings (SSSR count). The number of fused-ring (bicyclic) bond motifs is 1. The van der Waals surface area contributed by atoms with Crippen LogP contribution in [0.1, 0.15) is 29.2 Å². The summed E-state index contributed by atoms with van der Waals surface area (Å²) in [6, 6.07) is 6.67. The van der Waals surface area contributed by atoms with Gasteiger partial charge in [-0.1, -0.05) is 11.6 Å². The van der Waals surface area contributed by atoms with Crippen molar-refractivity contribution in [1.29, 1.82) is 0 Å². The molecule has 0 spiro atoms. The first kappa shape index (κ1) is 22.1. The van der Waals surface area contributed by atoms with Gasteiger partial charge in [0.15, 0.2) is 16.9 Å². The summed E-state index contributed by atoms with van der Waals surface area (Å²) in [4.78, 5) is 47.1. The molecular weight excluding hydrogens is 466 g/mol. The summed E-state index contributed by atoms with van der Waals surface area (Å²) in [5.41, 5.74) is -0.140. The van der Waals surface area contributed by atoms with Crippen LogP contribution in [-0.2, 0) is 22.6 Å². The molecule has 4 aromatic rings. The molecule has 0 N–H and O–H groups in total. The van der Waals surface area contributed by atoms with E-state index in [-0.39, 0.29) is 41.9 Å². The highest BCUT2D eigenvalue weighted by Crippen LogP contribution is 2.18. The molecule has 0 amide bonds. The van der Waals surface area contributed by atoms with E-state index in [4.69, 9.17) is 20.8 Å². The number of benzene rings is 1. The molecule has 34 heavy (non-hydrogen) atoms. The lowest BCUT2D eigenvalue weighted by atomic mass is 10.2. The van der Waals surface area contributed by atoms with Gasteiger partial charge in [0, 0.05) is 11.6 Å². The summed E-state index contributed by atoms with van der Waals surface area (Å²) in [5, 5.41) is 0.511. The fourth-order valence-electron chi connectivity index (χ4n) is 4.00. The smallest absolute Gasteiger partial charge is 0.360 e. The minimum atomic E-state index is -0.638. The van der Waals surface area contributed by atoms with E-state index in [1.165, 1.54) is 33.4 Å². The lowest BCUT2D eigenvalue weighted by molar-refractivity contribution is 0.0594. The van der Waals surface area contributed by atoms with Crippen LogP contribution in [0.5, 0.6) is 0 Å². The Labute approximate surface area is 197 Å². The molecule has 12 heteroatoms. The van der Waals surface area contributed by atoms with E-state index in [0.717, 1.165) is 12.8 Å². The number of hydrogen-bond acceptors (Lipinski definition) is 8. The van der Waals surface area contributed by atoms with E-state index in [1.807, 2.05) is 0 Å². The van der Waals surface area contributed by atoms with E-state index >= 15 is 0 Å². The lowest BCUT2D eigenvalue weighted by Crippen LogP contribution is -2.42. The highest BCUT2D eigenvalue weighted by molar-refractivity contribution is 6.30. The number of carbonyl (C=O) groups is 1. The number of imidazole rings is 1. The second-order valence-corrected chi connectivity index (χ2v) is 8.24. The first-order valence-electron chi connectivity index (χ1n) is 10.6. The fraction of sp³-hybridized carbons (Fsp3) is 0.318. The summed E-state index contributed by atoms with van der Waals surface area (Å²) in [7, 11) is 1.24. The van der Waals surface area contributed by atoms with Gasteiger partial charge in [-0.25, -0.2) is 24.1 Å². The predicted molar refractivity (Wildman–Crippen MR) is 121 cm³/mol. The van der Waals surface area contributed by atoms with Crippen LogP contribution in [0.15, 0.2) is 50.9 Å². The Bertz CT molecular complexity index is 1480. The molecule has 1 fully saturated rings. The van der Waals surface area contributed by atoms with Gasteiger partial charge in [0.25, 0.3) is 5.56 Å². The monoisotopic (exact) mass is 485 g/mol. The van der Waals surface area contributed by atoms with Crippen molar-refractivity contribution in [3.05, 3.63) is 74.3 Å². The summed E-state index contributed by atoms with van der Waals surface area (Å²) in [6.45, 7) is 0.733. The van der Waals surface area contributed by atoms with Crippen molar-refractivity contribution in [2.45, 2.75) is 32.0 Å². The van der Waals surface area contributed by atoms with Crippen molar-refractivity contribution < 1.29 is 18.7 Å². The fourth-order valence-corrected chi connectivity index (χ4v) is 4.13. The molecule has 1 aliphatic heterocycles. The lowest BCUT2D eigenvalue weighted by Gasteiger charge is -2.15. The summed E-state index contributed by atoms with van der Waals surface area (Å²) in [5.74, 6) is -0.463. The quantitative estimate of drug-likeness (QED) is 0.380. The van der Waals surface area contributed by atoms with Crippen LogP contribution >= 0.6 is 11.6 Å². The van der Waals surface area contributed by atoms with Crippen LogP contribution < -0.4 is 11.2 Å². The minimum absolute atomic E-state index is 0.00999. The number of rotatable bonds is 6. The number of ether oxygens (including phenoxy) is 2. The van der Waals surface area contributed by atoms with Crippen LogP contribution in [0, 0.1) is 0 Å². The molecule has 0 aliphatic carbocycles. The number of halogens is 1. The van der Waals surface area contributed by atoms with Crippen LogP contribution in [0.2, 0.25) is 5.02 Å². The molecule has 1 aromatic carbocycles. The Kier molecular flexibility index (Phi) is 5.80. The largest absolute Gasteiger partial charge is 0.464 e. The Balaban J connectivity index is 1.66. The van der Waals surface area contributed by atoms with Crippen molar-refractivity contribution in [3.8, 4) is 5.69 Å². The molecule has 0 unspecified atom stereocenters. The molecular formula is C22H20ClN5O6. The zero-order chi connectivity index (χ0) is 23.8. The number of aromatic nitrogens is 5. The molecule has 11 nitrogen and oxygen atoms in total. The van der Waals surface area contributed by atoms with Gasteiger partial charge in [-0.2, -0.15) is 0 Å². The number of hydrogen-bond donors (Lipinski definition) is 0. The zero-order valence-electron chi connectivity index (χ0n) is 18.1. The van der Waals surface area contributed by atoms with Gasteiger partial charge in [0.1, 0.15) is 12.8 Å². The number of nitrogens with zero attached hydrogens (tertiary/aromatic N) is 5. The standard InChI is InChI=1S/C22H20ClN5O6/c1-32-21(30)16-11-34-17(25-16)10-26-12-24-19-18(26)20(29)27(9-15-3-2-8-33-15)22(31)28(19)14-6-4-13(23)5-7-14/h4-7,11-12,15H,2-3,8-10H2,1H3/t15-/m0/s1. The molecule has 0 bridgehead atoms. The van der Waals surface area contributed by atoms with Gasteiger partial charge >= 0.3 is 11.7 Å². The molecule has 176 valence electrons. The summed E-state index contributed by atoms with van der Waals surface area (Å²) in [6.07, 6.45) is 4.01. The Morgan fingerprint density at radius 3 is 2.76 bits per heavy atom. The molecule has 0 saturated carbocycles. The van der Waals surface area contributed by atoms with E-state index in [1.54, 1.807) is 24.3 Å². The van der Waals surface area contributed by atoms with Crippen LogP contribution in [0.4, 0.5) is 0 Å². The highest BCUT2D eigenvalue weighted by atomic mass is 35.5. The summed E-state index contributed by atoms with van der Waals surface area (Å²) >= 11 is 6.03. The van der Waals surface area contributed by atoms with Crippen molar-refractivity contribution in [1.82, 2.24) is 23.7 Å². The predicted octanol–water partition coefficient (Wildman–Crippen LogP) is 2.00. The van der Waals surface area contributed by atoms with Gasteiger partial charge in [-0.05, 0) is 37.1 Å². The molecule has 4 heterocycles. The number of esters is 1. The first-order valence-corrected chi connectivity index (χ1v) is 10.9. The van der Waals surface area contributed by atoms with E-state index in [9.17, 15) is 14.4 Å². The number of methoxy groups -OCH3 is 1. The van der Waals surface area contributed by atoms with Gasteiger partial charge in [-0.15, -0.1) is 0 Å². The Hall–Kier alpha value is -3.70. The molecule has 0 radical (unpaired) electrons. The second kappa shape index (κ2) is 8.92. The Morgan fingerprint density at radius 2 is 2.06 bits per heavy atom. The van der Waals surface area contributed by atoms with Crippen LogP contribution in [-0.4, -0.2) is 49.5 Å². The topological polar surface area (TPSA) is 123 Å². The van der Waals surface area contributed by atoms with Crippen molar-refractivity contribution in [3.63, 3.8) is 0 Å². The average molecular weight is 486 g/mol. The van der Waals surface area contributed by atoms with Crippen LogP contribution in [0.25, 0.3) is 16.9 Å². The molecule has 1 atom stereocenters. The van der Waals surface area contributed by atoms with Crippen LogP contribution in [0.3, 0.4) is 0 Å². The minimum Gasteiger partial charge on any atom is -0.464 e. The van der Waals surface area contributed by atoms with Crippen molar-refractivity contribution >= 4 is 28.7 Å². The van der Waals surface area contributed by atoms with Gasteiger partial charge in [0.05, 0.1) is 31.8 Å². The molecule has 3 aromatic heterocycles. The zero-order valence-corrected chi connectivity index (χ0v) is 18.9. The first-order chi connectivity index (χ1) is 16.5. The van der Waals surface area contributed by atoms with Crippen molar-refractivity contribution in [2.24, 2.45) is 0 Å². The maximum atomic E-state index is 13.5. The summed E-state index contributed by atoms with van der Waals surface area (Å²) < 4.78 is 19.7. The second-order valence-electron chi connectivity index (χ2n) is 7.81. The maximum Gasteiger partial charge on any atom is 0.360 e. The maximum absolute atomic E-state index is 13.5. The number of carbonyl (C=O) groups excluding carboxylic acids is 1. The van der Waals surface area contributed by atoms with Crippen molar-refractivity contribution in [2.75, 3.05) is 13.7 Å². The highest BCUT2D eigenvalue weighted by Gasteiger charge is 2.24. The molecule has 1 aliphatic rings. The third-order valence-corrected chi connectivity index (χ3v) is 5.90. The molecule has 1 saturated heterocycles. The van der Waals surface area contributed by atoms with E-state index < -0.39 is 17.2 Å². The third-order valence-electron chi connectivity index (χ3n) is 5.65. The average Bonchev–Trinajstić information content (AvgIpc) is 3.59. The Morgan fingerprint density at radius 1 is 1.26 bits per heavy atom. The number of oxazole rings is 1. The van der Waals surface area contributed by atoms with E-state index in [2.05, 4.69) is 14.7 Å².